The van der Waals surface area contributed by atoms with E-state index in [1.165, 1.54) is 25.4 Å². The molecule has 1 aromatic heterocycles. The number of esters is 1. The number of ether oxygens (including phenoxy) is 3. The number of imidazole rings is 1. The van der Waals surface area contributed by atoms with Crippen LogP contribution >= 0.6 is 0 Å². The molecule has 2 aliphatic carbocycles. The van der Waals surface area contributed by atoms with E-state index >= 15 is 0 Å². The van der Waals surface area contributed by atoms with Crippen LogP contribution in [0.4, 0.5) is 17.6 Å². The normalized spacial score (nSPS) is 26.6. The van der Waals surface area contributed by atoms with Crippen molar-refractivity contribution in [2.75, 3.05) is 13.7 Å². The number of nitrogens with zero attached hydrogens (tertiary/aromatic N) is 2. The third kappa shape index (κ3) is 5.22. The quantitative estimate of drug-likeness (QED) is 0.236. The summed E-state index contributed by atoms with van der Waals surface area (Å²) in [6.45, 7) is 0.312. The van der Waals surface area contributed by atoms with Gasteiger partial charge in [-0.05, 0) is 80.8 Å². The number of hydrogen-bond donors (Lipinski definition) is 0. The molecule has 10 heteroatoms. The van der Waals surface area contributed by atoms with Gasteiger partial charge in [0.25, 0.3) is 0 Å². The lowest BCUT2D eigenvalue weighted by Gasteiger charge is -2.33. The van der Waals surface area contributed by atoms with Crippen molar-refractivity contribution in [1.82, 2.24) is 9.55 Å². The Morgan fingerprint density at radius 1 is 1.10 bits per heavy atom. The zero-order chi connectivity index (χ0) is 28.8. The van der Waals surface area contributed by atoms with E-state index in [0.717, 1.165) is 47.6 Å². The van der Waals surface area contributed by atoms with Crippen LogP contribution in [0, 0.1) is 11.7 Å². The summed E-state index contributed by atoms with van der Waals surface area (Å²) in [6, 6.07) is 11.2. The van der Waals surface area contributed by atoms with Crippen LogP contribution in [0.5, 0.6) is 5.75 Å². The van der Waals surface area contributed by atoms with Crippen molar-refractivity contribution in [3.05, 3.63) is 77.6 Å². The Labute approximate surface area is 235 Å². The van der Waals surface area contributed by atoms with Gasteiger partial charge in [-0.15, -0.1) is 0 Å². The highest BCUT2D eigenvalue weighted by Crippen LogP contribution is 2.57. The maximum absolute atomic E-state index is 13.8. The second kappa shape index (κ2) is 10.8. The number of alkyl halides is 3. The molecule has 0 N–H and O–H groups in total. The van der Waals surface area contributed by atoms with Crippen LogP contribution in [0.15, 0.2) is 54.9 Å². The van der Waals surface area contributed by atoms with E-state index in [9.17, 15) is 22.4 Å². The van der Waals surface area contributed by atoms with Gasteiger partial charge in [-0.1, -0.05) is 12.1 Å². The molecule has 0 bridgehead atoms. The number of halogens is 4. The van der Waals surface area contributed by atoms with Gasteiger partial charge in [-0.2, -0.15) is 13.2 Å². The molecule has 6 rings (SSSR count). The van der Waals surface area contributed by atoms with Gasteiger partial charge < -0.3 is 14.2 Å². The summed E-state index contributed by atoms with van der Waals surface area (Å²) < 4.78 is 74.0. The topological polar surface area (TPSA) is 62.6 Å². The molecule has 0 radical (unpaired) electrons. The molecular formula is C31H32F4N2O4. The Bertz CT molecular complexity index is 1400. The van der Waals surface area contributed by atoms with Crippen LogP contribution in [0.1, 0.15) is 73.7 Å². The Morgan fingerprint density at radius 3 is 2.56 bits per heavy atom. The molecule has 1 aliphatic heterocycles. The van der Waals surface area contributed by atoms with Crippen molar-refractivity contribution in [2.45, 2.75) is 74.7 Å². The lowest BCUT2D eigenvalue weighted by atomic mass is 9.76. The number of methoxy groups -OCH3 is 1. The van der Waals surface area contributed by atoms with E-state index in [-0.39, 0.29) is 29.7 Å². The zero-order valence-corrected chi connectivity index (χ0v) is 22.7. The van der Waals surface area contributed by atoms with E-state index < -0.39 is 23.5 Å². The van der Waals surface area contributed by atoms with E-state index in [0.29, 0.717) is 37.3 Å². The molecule has 1 saturated heterocycles. The minimum absolute atomic E-state index is 0.0528. The van der Waals surface area contributed by atoms with Crippen molar-refractivity contribution in [2.24, 2.45) is 5.92 Å². The number of rotatable bonds is 6. The lowest BCUT2D eigenvalue weighted by molar-refractivity contribution is -0.147. The monoisotopic (exact) mass is 572 g/mol. The molecule has 3 aliphatic rings. The van der Waals surface area contributed by atoms with Crippen molar-refractivity contribution in [3.63, 3.8) is 0 Å². The molecule has 0 amide bonds. The smallest absolute Gasteiger partial charge is 0.450 e. The van der Waals surface area contributed by atoms with Gasteiger partial charge in [0.05, 0.1) is 31.3 Å². The fourth-order valence-corrected chi connectivity index (χ4v) is 7.11. The molecule has 2 aromatic carbocycles. The van der Waals surface area contributed by atoms with Crippen molar-refractivity contribution in [3.8, 4) is 11.4 Å². The van der Waals surface area contributed by atoms with Crippen molar-refractivity contribution in [1.29, 1.82) is 0 Å². The highest BCUT2D eigenvalue weighted by Gasteiger charge is 2.56. The first-order valence-corrected chi connectivity index (χ1v) is 14.1. The zero-order valence-electron chi connectivity index (χ0n) is 22.7. The van der Waals surface area contributed by atoms with Crippen LogP contribution < -0.4 is 4.74 Å². The summed E-state index contributed by atoms with van der Waals surface area (Å²) >= 11 is 0. The molecule has 3 fully saturated rings. The summed E-state index contributed by atoms with van der Waals surface area (Å²) in [7, 11) is 1.36. The van der Waals surface area contributed by atoms with E-state index in [1.807, 2.05) is 0 Å². The van der Waals surface area contributed by atoms with Crippen LogP contribution in [0.3, 0.4) is 0 Å². The van der Waals surface area contributed by atoms with Gasteiger partial charge in [-0.3, -0.25) is 9.36 Å². The standard InChI is InChI=1S/C31H32F4N2O4/c1-39-28(38)24-12-13-30(27(24)19-6-8-21(32)9-7-19)17-20(18-40-30)25-16-22(37-15-14-36-29(37)31(33,34)35)10-11-26(25)41-23-4-2-3-5-23/h6-11,14-16,20,23-24,27H,2-5,12-13,17-18H2,1H3/t20?,24?,27-,30-/m1/s1. The first kappa shape index (κ1) is 27.8. The number of carbonyl (C=O) groups excluding carboxylic acids is 1. The first-order valence-electron chi connectivity index (χ1n) is 14.1. The molecule has 6 nitrogen and oxygen atoms in total. The molecule has 3 aromatic rings. The number of benzene rings is 2. The largest absolute Gasteiger partial charge is 0.490 e. The predicted molar refractivity (Wildman–Crippen MR) is 141 cm³/mol. The van der Waals surface area contributed by atoms with Gasteiger partial charge in [0.1, 0.15) is 11.6 Å². The SMILES string of the molecule is COC(=O)C1CC[C@@]2(CC(c3cc(-n4ccnc4C(F)(F)F)ccc3OC3CCCC3)CO2)[C@@H]1c1ccc(F)cc1. The van der Waals surface area contributed by atoms with Crippen LogP contribution in [0.25, 0.3) is 5.69 Å². The number of hydrogen-bond acceptors (Lipinski definition) is 5. The first-order chi connectivity index (χ1) is 19.7. The Balaban J connectivity index is 1.38. The Hall–Kier alpha value is -3.40. The molecule has 2 unspecified atom stereocenters. The predicted octanol–water partition coefficient (Wildman–Crippen LogP) is 6.96. The highest BCUT2D eigenvalue weighted by atomic mass is 19.4. The third-order valence-electron chi connectivity index (χ3n) is 8.95. The van der Waals surface area contributed by atoms with Gasteiger partial charge in [0.2, 0.25) is 5.82 Å². The lowest BCUT2D eigenvalue weighted by Crippen LogP contribution is -2.35. The van der Waals surface area contributed by atoms with Crippen LogP contribution in [0.2, 0.25) is 0 Å². The molecule has 218 valence electrons. The molecule has 41 heavy (non-hydrogen) atoms. The molecule has 2 saturated carbocycles. The number of carbonyl (C=O) groups is 1. The van der Waals surface area contributed by atoms with Gasteiger partial charge in [0, 0.05) is 35.5 Å². The summed E-state index contributed by atoms with van der Waals surface area (Å²) in [5.74, 6) is -2.07. The summed E-state index contributed by atoms with van der Waals surface area (Å²) in [5, 5.41) is 0. The van der Waals surface area contributed by atoms with Crippen LogP contribution in [-0.4, -0.2) is 40.9 Å². The molecular weight excluding hydrogens is 540 g/mol. The molecule has 4 atom stereocenters. The average molecular weight is 573 g/mol. The van der Waals surface area contributed by atoms with Gasteiger partial charge in [0.15, 0.2) is 0 Å². The minimum Gasteiger partial charge on any atom is -0.490 e. The summed E-state index contributed by atoms with van der Waals surface area (Å²) in [4.78, 5) is 16.4. The second-order valence-corrected chi connectivity index (χ2v) is 11.3. The minimum atomic E-state index is -4.61. The average Bonchev–Trinajstić information content (AvgIpc) is 3.77. The van der Waals surface area contributed by atoms with E-state index in [2.05, 4.69) is 4.98 Å². The summed E-state index contributed by atoms with van der Waals surface area (Å²) in [6.07, 6.45) is 3.57. The maximum Gasteiger partial charge on any atom is 0.450 e. The number of aromatic nitrogens is 2. The second-order valence-electron chi connectivity index (χ2n) is 11.3. The van der Waals surface area contributed by atoms with Gasteiger partial charge >= 0.3 is 12.1 Å². The van der Waals surface area contributed by atoms with E-state index in [1.54, 1.807) is 30.3 Å². The van der Waals surface area contributed by atoms with Crippen LogP contribution in [-0.2, 0) is 20.4 Å². The third-order valence-corrected chi connectivity index (χ3v) is 8.95. The fourth-order valence-electron chi connectivity index (χ4n) is 7.11. The summed E-state index contributed by atoms with van der Waals surface area (Å²) in [5.41, 5.74) is 1.18. The Morgan fingerprint density at radius 2 is 1.85 bits per heavy atom. The Kier molecular flexibility index (Phi) is 7.30. The fraction of sp³-hybridized carbons (Fsp3) is 0.484. The van der Waals surface area contributed by atoms with Gasteiger partial charge in [-0.25, -0.2) is 9.37 Å². The maximum atomic E-state index is 13.8. The molecule has 1 spiro atoms. The highest BCUT2D eigenvalue weighted by molar-refractivity contribution is 5.74. The van der Waals surface area contributed by atoms with Crippen molar-refractivity contribution < 1.29 is 36.6 Å². The van der Waals surface area contributed by atoms with Crippen molar-refractivity contribution >= 4 is 5.97 Å². The molecule has 2 heterocycles. The van der Waals surface area contributed by atoms with E-state index in [4.69, 9.17) is 14.2 Å².